The van der Waals surface area contributed by atoms with E-state index in [0.717, 1.165) is 16.9 Å². The highest BCUT2D eigenvalue weighted by atomic mass is 16.2. The number of amides is 4. The molecule has 6 nitrogen and oxygen atoms in total. The standard InChI is InChI=1S/C18H25N3O3/c1-6-13(3)20(5)15(22)11-21-16(23)18(4,19-17(21)24)14-9-7-12(2)8-10-14/h7-10,13H,6,11H2,1-5H3,(H,19,24). The van der Waals surface area contributed by atoms with Crippen molar-refractivity contribution in [2.45, 2.75) is 45.7 Å². The maximum Gasteiger partial charge on any atom is 0.325 e. The van der Waals surface area contributed by atoms with Gasteiger partial charge in [0.1, 0.15) is 12.1 Å². The van der Waals surface area contributed by atoms with Gasteiger partial charge in [-0.15, -0.1) is 0 Å². The molecule has 1 heterocycles. The van der Waals surface area contributed by atoms with Crippen molar-refractivity contribution in [2.75, 3.05) is 13.6 Å². The Morgan fingerprint density at radius 3 is 2.42 bits per heavy atom. The second-order valence-electron chi connectivity index (χ2n) is 6.57. The number of hydrogen-bond donors (Lipinski definition) is 1. The Hall–Kier alpha value is -2.37. The molecular formula is C18H25N3O3. The van der Waals surface area contributed by atoms with E-state index < -0.39 is 17.5 Å². The molecule has 6 heteroatoms. The van der Waals surface area contributed by atoms with Gasteiger partial charge in [0.05, 0.1) is 0 Å². The highest BCUT2D eigenvalue weighted by Crippen LogP contribution is 2.29. The first kappa shape index (κ1) is 18.0. The molecule has 130 valence electrons. The van der Waals surface area contributed by atoms with E-state index in [1.165, 1.54) is 0 Å². The van der Waals surface area contributed by atoms with Gasteiger partial charge in [-0.2, -0.15) is 0 Å². The Labute approximate surface area is 142 Å². The van der Waals surface area contributed by atoms with Gasteiger partial charge in [0.2, 0.25) is 5.91 Å². The Kier molecular flexibility index (Phi) is 4.96. The lowest BCUT2D eigenvalue weighted by molar-refractivity contribution is -0.139. The predicted molar refractivity (Wildman–Crippen MR) is 91.3 cm³/mol. The van der Waals surface area contributed by atoms with E-state index in [1.807, 2.05) is 45.0 Å². The topological polar surface area (TPSA) is 69.7 Å². The Morgan fingerprint density at radius 1 is 1.29 bits per heavy atom. The molecule has 1 saturated heterocycles. The Balaban J connectivity index is 2.20. The van der Waals surface area contributed by atoms with Crippen molar-refractivity contribution in [2.24, 2.45) is 0 Å². The molecule has 1 fully saturated rings. The summed E-state index contributed by atoms with van der Waals surface area (Å²) in [5.74, 6) is -0.650. The van der Waals surface area contributed by atoms with Gasteiger partial charge in [0.15, 0.2) is 0 Å². The van der Waals surface area contributed by atoms with Crippen LogP contribution in [0.3, 0.4) is 0 Å². The first-order valence-corrected chi connectivity index (χ1v) is 8.17. The van der Waals surface area contributed by atoms with Crippen LogP contribution in [-0.4, -0.2) is 47.3 Å². The maximum atomic E-state index is 12.8. The number of likely N-dealkylation sites (N-methyl/N-ethyl adjacent to an activating group) is 1. The van der Waals surface area contributed by atoms with Crippen molar-refractivity contribution in [1.29, 1.82) is 0 Å². The number of carbonyl (C=O) groups is 3. The van der Waals surface area contributed by atoms with Crippen LogP contribution in [0, 0.1) is 6.92 Å². The van der Waals surface area contributed by atoms with Crippen molar-refractivity contribution < 1.29 is 14.4 Å². The minimum Gasteiger partial charge on any atom is -0.342 e. The number of nitrogens with zero attached hydrogens (tertiary/aromatic N) is 2. The summed E-state index contributed by atoms with van der Waals surface area (Å²) in [6.45, 7) is 7.29. The van der Waals surface area contributed by atoms with E-state index in [2.05, 4.69) is 5.32 Å². The van der Waals surface area contributed by atoms with E-state index in [9.17, 15) is 14.4 Å². The number of nitrogens with one attached hydrogen (secondary N) is 1. The summed E-state index contributed by atoms with van der Waals surface area (Å²) < 4.78 is 0. The molecule has 1 N–H and O–H groups in total. The molecule has 0 saturated carbocycles. The van der Waals surface area contributed by atoms with Gasteiger partial charge in [-0.1, -0.05) is 36.8 Å². The summed E-state index contributed by atoms with van der Waals surface area (Å²) >= 11 is 0. The molecule has 0 aliphatic carbocycles. The molecule has 0 radical (unpaired) electrons. The number of urea groups is 1. The number of rotatable bonds is 5. The van der Waals surface area contributed by atoms with Crippen molar-refractivity contribution >= 4 is 17.8 Å². The van der Waals surface area contributed by atoms with Crippen LogP contribution in [0.1, 0.15) is 38.3 Å². The van der Waals surface area contributed by atoms with Crippen LogP contribution in [0.25, 0.3) is 0 Å². The van der Waals surface area contributed by atoms with Gasteiger partial charge in [-0.05, 0) is 32.8 Å². The summed E-state index contributed by atoms with van der Waals surface area (Å²) in [7, 11) is 1.69. The maximum absolute atomic E-state index is 12.8. The number of aryl methyl sites for hydroxylation is 1. The fourth-order valence-corrected chi connectivity index (χ4v) is 2.69. The molecular weight excluding hydrogens is 306 g/mol. The summed E-state index contributed by atoms with van der Waals surface area (Å²) in [5, 5.41) is 2.72. The zero-order chi connectivity index (χ0) is 18.1. The molecule has 1 aliphatic rings. The zero-order valence-corrected chi connectivity index (χ0v) is 14.9. The van der Waals surface area contributed by atoms with E-state index >= 15 is 0 Å². The second-order valence-corrected chi connectivity index (χ2v) is 6.57. The van der Waals surface area contributed by atoms with Crippen LogP contribution < -0.4 is 5.32 Å². The van der Waals surface area contributed by atoms with E-state index in [0.29, 0.717) is 5.56 Å². The first-order chi connectivity index (χ1) is 11.2. The number of hydrogen-bond acceptors (Lipinski definition) is 3. The third-order valence-corrected chi connectivity index (χ3v) is 4.84. The van der Waals surface area contributed by atoms with Crippen molar-refractivity contribution in [3.63, 3.8) is 0 Å². The fourth-order valence-electron chi connectivity index (χ4n) is 2.69. The minimum atomic E-state index is -1.14. The Bertz CT molecular complexity index is 656. The third-order valence-electron chi connectivity index (χ3n) is 4.84. The molecule has 1 aromatic rings. The summed E-state index contributed by atoms with van der Waals surface area (Å²) in [6.07, 6.45) is 0.809. The average molecular weight is 331 g/mol. The summed E-state index contributed by atoms with van der Waals surface area (Å²) in [4.78, 5) is 40.0. The minimum absolute atomic E-state index is 0.0572. The molecule has 2 unspecified atom stereocenters. The quantitative estimate of drug-likeness (QED) is 0.839. The monoisotopic (exact) mass is 331 g/mol. The number of benzene rings is 1. The highest BCUT2D eigenvalue weighted by Gasteiger charge is 2.49. The number of carbonyl (C=O) groups excluding carboxylic acids is 3. The van der Waals surface area contributed by atoms with Gasteiger partial charge in [-0.25, -0.2) is 4.79 Å². The van der Waals surface area contributed by atoms with Gasteiger partial charge in [-0.3, -0.25) is 14.5 Å². The van der Waals surface area contributed by atoms with Crippen molar-refractivity contribution in [1.82, 2.24) is 15.1 Å². The van der Waals surface area contributed by atoms with Gasteiger partial charge in [0.25, 0.3) is 5.91 Å². The van der Waals surface area contributed by atoms with Crippen molar-refractivity contribution in [3.8, 4) is 0 Å². The lowest BCUT2D eigenvalue weighted by Gasteiger charge is -2.26. The SMILES string of the molecule is CCC(C)N(C)C(=O)CN1C(=O)NC(C)(c2ccc(C)cc2)C1=O. The second kappa shape index (κ2) is 6.63. The van der Waals surface area contributed by atoms with Crippen LogP contribution >= 0.6 is 0 Å². The van der Waals surface area contributed by atoms with Crippen LogP contribution in [0.5, 0.6) is 0 Å². The van der Waals surface area contributed by atoms with E-state index in [-0.39, 0.29) is 18.5 Å². The lowest BCUT2D eigenvalue weighted by atomic mass is 9.91. The van der Waals surface area contributed by atoms with Gasteiger partial charge >= 0.3 is 6.03 Å². The molecule has 0 aromatic heterocycles. The molecule has 0 bridgehead atoms. The largest absolute Gasteiger partial charge is 0.342 e. The van der Waals surface area contributed by atoms with Crippen LogP contribution in [0.2, 0.25) is 0 Å². The molecule has 2 rings (SSSR count). The van der Waals surface area contributed by atoms with Crippen LogP contribution in [-0.2, 0) is 15.1 Å². The predicted octanol–water partition coefficient (Wildman–Crippen LogP) is 2.02. The van der Waals surface area contributed by atoms with Crippen molar-refractivity contribution in [3.05, 3.63) is 35.4 Å². The fraction of sp³-hybridized carbons (Fsp3) is 0.500. The molecule has 1 aromatic carbocycles. The van der Waals surface area contributed by atoms with E-state index in [4.69, 9.17) is 0 Å². The molecule has 24 heavy (non-hydrogen) atoms. The average Bonchev–Trinajstić information content (AvgIpc) is 2.78. The summed E-state index contributed by atoms with van der Waals surface area (Å²) in [6, 6.07) is 6.96. The normalized spacial score (nSPS) is 21.6. The lowest BCUT2D eigenvalue weighted by Crippen LogP contribution is -2.45. The van der Waals surface area contributed by atoms with Gasteiger partial charge in [0, 0.05) is 13.1 Å². The Morgan fingerprint density at radius 2 is 1.88 bits per heavy atom. The summed E-state index contributed by atoms with van der Waals surface area (Å²) in [5.41, 5.74) is 0.637. The van der Waals surface area contributed by atoms with Crippen LogP contribution in [0.15, 0.2) is 24.3 Å². The molecule has 2 atom stereocenters. The number of imide groups is 1. The smallest absolute Gasteiger partial charge is 0.325 e. The van der Waals surface area contributed by atoms with Crippen LogP contribution in [0.4, 0.5) is 4.79 Å². The highest BCUT2D eigenvalue weighted by molar-refractivity contribution is 6.09. The third kappa shape index (κ3) is 3.13. The zero-order valence-electron chi connectivity index (χ0n) is 14.9. The van der Waals surface area contributed by atoms with E-state index in [1.54, 1.807) is 18.9 Å². The first-order valence-electron chi connectivity index (χ1n) is 8.17. The van der Waals surface area contributed by atoms with Gasteiger partial charge < -0.3 is 10.2 Å². The molecule has 1 aliphatic heterocycles. The molecule has 0 spiro atoms. The molecule has 4 amide bonds.